The number of benzene rings is 1. The number of ether oxygens (including phenoxy) is 1. The van der Waals surface area contributed by atoms with E-state index in [1.165, 1.54) is 40.5 Å². The van der Waals surface area contributed by atoms with Crippen molar-refractivity contribution in [3.63, 3.8) is 0 Å². The number of aliphatic carboxylic acids is 1. The van der Waals surface area contributed by atoms with Crippen molar-refractivity contribution in [3.8, 4) is 17.6 Å². The van der Waals surface area contributed by atoms with Gasteiger partial charge in [-0.25, -0.2) is 21.6 Å². The van der Waals surface area contributed by atoms with E-state index in [9.17, 15) is 26.7 Å². The topological polar surface area (TPSA) is 125 Å². The van der Waals surface area contributed by atoms with E-state index >= 15 is 0 Å². The third-order valence-corrected chi connectivity index (χ3v) is 7.59. The fraction of sp³-hybridized carbons (Fsp3) is 0.421. The number of nitrogens with zero attached hydrogens (tertiary/aromatic N) is 3. The van der Waals surface area contributed by atoms with Crippen molar-refractivity contribution >= 4 is 26.0 Å². The van der Waals surface area contributed by atoms with Gasteiger partial charge in [-0.1, -0.05) is 5.92 Å². The SMILES string of the molecule is CC#CCOc1ccc(S(=O)(=O)N(C)C=C(C(=O)O)N2CCN(S(C)(=O)=O)CC2)cc1. The van der Waals surface area contributed by atoms with Crippen LogP contribution in [0.5, 0.6) is 5.75 Å². The van der Waals surface area contributed by atoms with Gasteiger partial charge in [0.15, 0.2) is 0 Å². The summed E-state index contributed by atoms with van der Waals surface area (Å²) >= 11 is 0. The highest BCUT2D eigenvalue weighted by Gasteiger charge is 2.28. The molecule has 170 valence electrons. The van der Waals surface area contributed by atoms with Crippen LogP contribution in [0.4, 0.5) is 0 Å². The number of sulfonamides is 2. The lowest BCUT2D eigenvalue weighted by Crippen LogP contribution is -2.49. The third kappa shape index (κ3) is 6.36. The van der Waals surface area contributed by atoms with Gasteiger partial charge in [0.05, 0.1) is 11.2 Å². The molecule has 0 bridgehead atoms. The molecule has 1 heterocycles. The Morgan fingerprint density at radius 3 is 2.23 bits per heavy atom. The monoisotopic (exact) mass is 471 g/mol. The molecular formula is C19H25N3O7S2. The predicted octanol–water partition coefficient (Wildman–Crippen LogP) is 0.212. The molecular weight excluding hydrogens is 446 g/mol. The fourth-order valence-corrected chi connectivity index (χ4v) is 4.72. The number of rotatable bonds is 8. The summed E-state index contributed by atoms with van der Waals surface area (Å²) in [6.45, 7) is 2.35. The smallest absolute Gasteiger partial charge is 0.353 e. The Morgan fingerprint density at radius 2 is 1.74 bits per heavy atom. The summed E-state index contributed by atoms with van der Waals surface area (Å²) in [6, 6.07) is 5.70. The number of carbonyl (C=O) groups is 1. The van der Waals surface area contributed by atoms with E-state index < -0.39 is 26.0 Å². The van der Waals surface area contributed by atoms with Gasteiger partial charge in [0.25, 0.3) is 10.0 Å². The molecule has 10 nitrogen and oxygen atoms in total. The molecule has 0 spiro atoms. The Balaban J connectivity index is 2.19. The van der Waals surface area contributed by atoms with Gasteiger partial charge in [-0.15, -0.1) is 5.92 Å². The summed E-state index contributed by atoms with van der Waals surface area (Å²) in [5.41, 5.74) is -0.239. The van der Waals surface area contributed by atoms with Crippen LogP contribution in [0.3, 0.4) is 0 Å². The number of piperazine rings is 1. The van der Waals surface area contributed by atoms with Gasteiger partial charge in [0.1, 0.15) is 18.1 Å². The number of hydrogen-bond acceptors (Lipinski definition) is 7. The van der Waals surface area contributed by atoms with Crippen LogP contribution in [-0.2, 0) is 24.8 Å². The summed E-state index contributed by atoms with van der Waals surface area (Å²) in [5.74, 6) is 4.56. The average Bonchev–Trinajstić information content (AvgIpc) is 2.71. The van der Waals surface area contributed by atoms with Gasteiger partial charge in [0, 0.05) is 39.4 Å². The molecule has 12 heteroatoms. The first kappa shape index (κ1) is 24.5. The zero-order chi connectivity index (χ0) is 23.2. The van der Waals surface area contributed by atoms with Gasteiger partial charge in [0.2, 0.25) is 10.0 Å². The fourth-order valence-electron chi connectivity index (χ4n) is 2.84. The zero-order valence-electron chi connectivity index (χ0n) is 17.5. The molecule has 0 aliphatic carbocycles. The maximum absolute atomic E-state index is 12.8. The van der Waals surface area contributed by atoms with Gasteiger partial charge in [-0.05, 0) is 31.2 Å². The van der Waals surface area contributed by atoms with Gasteiger partial charge < -0.3 is 14.7 Å². The minimum Gasteiger partial charge on any atom is -0.481 e. The molecule has 0 amide bonds. The van der Waals surface area contributed by atoms with E-state index in [1.807, 2.05) is 0 Å². The van der Waals surface area contributed by atoms with Crippen molar-refractivity contribution < 1.29 is 31.5 Å². The highest BCUT2D eigenvalue weighted by molar-refractivity contribution is 7.89. The van der Waals surface area contributed by atoms with Crippen LogP contribution in [0.1, 0.15) is 6.92 Å². The highest BCUT2D eigenvalue weighted by atomic mass is 32.2. The summed E-state index contributed by atoms with van der Waals surface area (Å²) in [6.07, 6.45) is 2.11. The lowest BCUT2D eigenvalue weighted by atomic mass is 10.3. The molecule has 1 aliphatic heterocycles. The Bertz CT molecular complexity index is 1090. The minimum absolute atomic E-state index is 0.0354. The highest BCUT2D eigenvalue weighted by Crippen LogP contribution is 2.21. The van der Waals surface area contributed by atoms with Crippen molar-refractivity contribution in [2.45, 2.75) is 11.8 Å². The van der Waals surface area contributed by atoms with E-state index in [-0.39, 0.29) is 43.4 Å². The van der Waals surface area contributed by atoms with E-state index in [4.69, 9.17) is 4.74 Å². The second kappa shape index (κ2) is 10.0. The van der Waals surface area contributed by atoms with Crippen molar-refractivity contribution in [3.05, 3.63) is 36.2 Å². The molecule has 2 rings (SSSR count). The Morgan fingerprint density at radius 1 is 1.16 bits per heavy atom. The predicted molar refractivity (Wildman–Crippen MR) is 114 cm³/mol. The number of carboxylic acids is 1. The van der Waals surface area contributed by atoms with Crippen LogP contribution in [0.25, 0.3) is 0 Å². The van der Waals surface area contributed by atoms with Gasteiger partial charge in [-0.3, -0.25) is 4.31 Å². The van der Waals surface area contributed by atoms with Crippen LogP contribution in [-0.4, -0.2) is 87.5 Å². The summed E-state index contributed by atoms with van der Waals surface area (Å²) in [4.78, 5) is 13.2. The first-order valence-corrected chi connectivity index (χ1v) is 12.5. The molecule has 0 saturated carbocycles. The lowest BCUT2D eigenvalue weighted by Gasteiger charge is -2.35. The van der Waals surface area contributed by atoms with Crippen molar-refractivity contribution in [1.29, 1.82) is 0 Å². The van der Waals surface area contributed by atoms with Crippen LogP contribution in [0.2, 0.25) is 0 Å². The molecule has 1 N–H and O–H groups in total. The van der Waals surface area contributed by atoms with Crippen LogP contribution >= 0.6 is 0 Å². The normalized spacial score (nSPS) is 15.7. The van der Waals surface area contributed by atoms with Crippen molar-refractivity contribution in [2.75, 3.05) is 46.1 Å². The molecule has 0 atom stereocenters. The first-order valence-electron chi connectivity index (χ1n) is 9.22. The molecule has 1 aromatic rings. The Labute approximate surface area is 182 Å². The molecule has 1 saturated heterocycles. The Hall–Kier alpha value is -2.75. The molecule has 1 aliphatic rings. The maximum Gasteiger partial charge on any atom is 0.353 e. The van der Waals surface area contributed by atoms with E-state index in [1.54, 1.807) is 6.92 Å². The lowest BCUT2D eigenvalue weighted by molar-refractivity contribution is -0.134. The second-order valence-corrected chi connectivity index (χ2v) is 10.7. The summed E-state index contributed by atoms with van der Waals surface area (Å²) in [5, 5.41) is 9.58. The molecule has 0 radical (unpaired) electrons. The van der Waals surface area contributed by atoms with E-state index in [2.05, 4.69) is 11.8 Å². The zero-order valence-corrected chi connectivity index (χ0v) is 19.1. The van der Waals surface area contributed by atoms with Crippen LogP contribution in [0, 0.1) is 11.8 Å². The molecule has 1 fully saturated rings. The largest absolute Gasteiger partial charge is 0.481 e. The van der Waals surface area contributed by atoms with Gasteiger partial charge in [-0.2, -0.15) is 4.31 Å². The molecule has 1 aromatic carbocycles. The first-order chi connectivity index (χ1) is 14.5. The average molecular weight is 472 g/mol. The summed E-state index contributed by atoms with van der Waals surface area (Å²) < 4.78 is 56.4. The number of carboxylic acid groups (broad SMARTS) is 1. The minimum atomic E-state index is -4.01. The number of hydrogen-bond donors (Lipinski definition) is 1. The second-order valence-electron chi connectivity index (χ2n) is 6.68. The van der Waals surface area contributed by atoms with Crippen LogP contribution in [0.15, 0.2) is 41.1 Å². The van der Waals surface area contributed by atoms with E-state index in [0.717, 1.165) is 16.8 Å². The Kier molecular flexibility index (Phi) is 7.94. The maximum atomic E-state index is 12.8. The quantitative estimate of drug-likeness (QED) is 0.422. The van der Waals surface area contributed by atoms with Gasteiger partial charge >= 0.3 is 5.97 Å². The summed E-state index contributed by atoms with van der Waals surface area (Å²) in [7, 11) is -6.14. The van der Waals surface area contributed by atoms with Crippen molar-refractivity contribution in [2.24, 2.45) is 0 Å². The molecule has 0 unspecified atom stereocenters. The third-order valence-electron chi connectivity index (χ3n) is 4.56. The molecule has 31 heavy (non-hydrogen) atoms. The van der Waals surface area contributed by atoms with E-state index in [0.29, 0.717) is 5.75 Å². The standard InChI is InChI=1S/C19H25N3O7S2/c1-4-5-14-29-16-6-8-17(9-7-16)31(27,28)20(2)15-18(19(23)24)21-10-12-22(13-11-21)30(3,25)26/h6-9,15H,10-14H2,1-3H3,(H,23,24). The van der Waals surface area contributed by atoms with Crippen LogP contribution < -0.4 is 4.74 Å². The molecule has 0 aromatic heterocycles. The van der Waals surface area contributed by atoms with Crippen molar-refractivity contribution in [1.82, 2.24) is 13.5 Å².